The Morgan fingerprint density at radius 2 is 0.889 bits per heavy atom. The number of benzene rings is 8. The van der Waals surface area contributed by atoms with Crippen LogP contribution in [0.4, 0.5) is 17.1 Å². The number of nitrogens with zero attached hydrogens (tertiary/aromatic N) is 1. The van der Waals surface area contributed by atoms with Crippen LogP contribution in [0.2, 0.25) is 0 Å². The monoisotopic (exact) mass is 691 g/mol. The van der Waals surface area contributed by atoms with Crippen LogP contribution in [0.15, 0.2) is 192 Å². The van der Waals surface area contributed by atoms with Gasteiger partial charge in [-0.1, -0.05) is 153 Å². The van der Waals surface area contributed by atoms with Crippen LogP contribution in [-0.2, 0) is 10.8 Å². The van der Waals surface area contributed by atoms with E-state index in [-0.39, 0.29) is 5.41 Å². The third-order valence-electron chi connectivity index (χ3n) is 12.1. The summed E-state index contributed by atoms with van der Waals surface area (Å²) in [5.74, 6) is 0. The number of hydrogen-bond donors (Lipinski definition) is 0. The summed E-state index contributed by atoms with van der Waals surface area (Å²) in [4.78, 5) is 2.42. The first-order chi connectivity index (χ1) is 26.5. The second kappa shape index (κ2) is 11.4. The normalized spacial score (nSPS) is 14.4. The molecule has 0 amide bonds. The zero-order valence-electron chi connectivity index (χ0n) is 30.3. The molecule has 2 aliphatic rings. The maximum atomic E-state index is 6.50. The number of furan rings is 1. The van der Waals surface area contributed by atoms with Gasteiger partial charge in [0.25, 0.3) is 0 Å². The fourth-order valence-electron chi connectivity index (χ4n) is 9.72. The number of anilines is 3. The van der Waals surface area contributed by atoms with Crippen molar-refractivity contribution < 1.29 is 4.42 Å². The molecule has 2 aliphatic carbocycles. The molecular weight excluding hydrogens is 655 g/mol. The van der Waals surface area contributed by atoms with Crippen LogP contribution >= 0.6 is 0 Å². The zero-order chi connectivity index (χ0) is 36.0. The van der Waals surface area contributed by atoms with Crippen LogP contribution in [0.25, 0.3) is 44.2 Å². The van der Waals surface area contributed by atoms with Gasteiger partial charge in [0.15, 0.2) is 0 Å². The van der Waals surface area contributed by atoms with Crippen molar-refractivity contribution in [3.05, 3.63) is 221 Å². The summed E-state index contributed by atoms with van der Waals surface area (Å²) in [6.07, 6.45) is 0. The smallest absolute Gasteiger partial charge is 0.137 e. The summed E-state index contributed by atoms with van der Waals surface area (Å²) in [5.41, 5.74) is 17.4. The van der Waals surface area contributed by atoms with Gasteiger partial charge in [-0.2, -0.15) is 0 Å². The van der Waals surface area contributed by atoms with Gasteiger partial charge in [0, 0.05) is 39.3 Å². The van der Waals surface area contributed by atoms with Gasteiger partial charge < -0.3 is 9.32 Å². The van der Waals surface area contributed by atoms with Crippen molar-refractivity contribution in [3.63, 3.8) is 0 Å². The topological polar surface area (TPSA) is 16.4 Å². The highest BCUT2D eigenvalue weighted by atomic mass is 16.3. The van der Waals surface area contributed by atoms with E-state index in [0.717, 1.165) is 39.0 Å². The highest BCUT2D eigenvalue weighted by Crippen LogP contribution is 2.58. The summed E-state index contributed by atoms with van der Waals surface area (Å²) >= 11 is 0. The van der Waals surface area contributed by atoms with E-state index in [2.05, 4.69) is 201 Å². The molecule has 0 fully saturated rings. The quantitative estimate of drug-likeness (QED) is 0.179. The molecule has 1 heterocycles. The van der Waals surface area contributed by atoms with E-state index in [0.29, 0.717) is 0 Å². The molecule has 0 N–H and O–H groups in total. The summed E-state index contributed by atoms with van der Waals surface area (Å²) in [6, 6.07) is 69.0. The standard InChI is InChI=1S/C52H37NO/c1-51(2)45-22-12-9-20-40(45)44-31-36(27-30-46(44)51)53(38-26-29-43-42-21-11-14-24-49(42)54-50(43)33-38)37-25-28-41-39-19-10-13-23-47(39)52(48(41)32-37,34-15-5-3-6-16-34)35-17-7-4-8-18-35/h3-33H,1-2H3. The summed E-state index contributed by atoms with van der Waals surface area (Å²) in [7, 11) is 0. The van der Waals surface area contributed by atoms with E-state index >= 15 is 0 Å². The fraction of sp³-hybridized carbons (Fsp3) is 0.0769. The van der Waals surface area contributed by atoms with Crippen LogP contribution < -0.4 is 4.90 Å². The molecule has 0 saturated carbocycles. The summed E-state index contributed by atoms with van der Waals surface area (Å²) in [5, 5.41) is 2.25. The van der Waals surface area contributed by atoms with Crippen molar-refractivity contribution in [1.29, 1.82) is 0 Å². The predicted molar refractivity (Wildman–Crippen MR) is 223 cm³/mol. The Balaban J connectivity index is 1.19. The average molecular weight is 692 g/mol. The molecule has 0 unspecified atom stereocenters. The van der Waals surface area contributed by atoms with Gasteiger partial charge in [-0.15, -0.1) is 0 Å². The molecule has 256 valence electrons. The number of hydrogen-bond acceptors (Lipinski definition) is 2. The third-order valence-corrected chi connectivity index (χ3v) is 12.1. The SMILES string of the molecule is CC1(C)c2ccccc2-c2cc(N(c3ccc4c(c3)C(c3ccccc3)(c3ccccc3)c3ccccc3-4)c3ccc4c(c3)oc3ccccc34)ccc21. The van der Waals surface area contributed by atoms with Crippen LogP contribution in [0.3, 0.4) is 0 Å². The van der Waals surface area contributed by atoms with Crippen molar-refractivity contribution in [2.24, 2.45) is 0 Å². The number of rotatable bonds is 5. The largest absolute Gasteiger partial charge is 0.456 e. The molecule has 2 nitrogen and oxygen atoms in total. The van der Waals surface area contributed by atoms with Gasteiger partial charge in [0.05, 0.1) is 5.41 Å². The summed E-state index contributed by atoms with van der Waals surface area (Å²) in [6.45, 7) is 4.69. The van der Waals surface area contributed by atoms with E-state index in [1.54, 1.807) is 0 Å². The molecule has 0 spiro atoms. The lowest BCUT2D eigenvalue weighted by atomic mass is 9.67. The lowest BCUT2D eigenvalue weighted by Gasteiger charge is -2.35. The maximum Gasteiger partial charge on any atom is 0.137 e. The Morgan fingerprint density at radius 3 is 1.65 bits per heavy atom. The van der Waals surface area contributed by atoms with Crippen LogP contribution in [0.5, 0.6) is 0 Å². The molecule has 0 bridgehead atoms. The Morgan fingerprint density at radius 1 is 0.370 bits per heavy atom. The first-order valence-corrected chi connectivity index (χ1v) is 18.8. The number of para-hydroxylation sites is 1. The highest BCUT2D eigenvalue weighted by Gasteiger charge is 2.46. The molecule has 0 atom stereocenters. The van der Waals surface area contributed by atoms with Crippen molar-refractivity contribution in [2.45, 2.75) is 24.7 Å². The van der Waals surface area contributed by atoms with Gasteiger partial charge in [-0.25, -0.2) is 0 Å². The molecule has 11 rings (SSSR count). The summed E-state index contributed by atoms with van der Waals surface area (Å²) < 4.78 is 6.50. The van der Waals surface area contributed by atoms with E-state index < -0.39 is 5.41 Å². The molecule has 8 aromatic carbocycles. The Bertz CT molecular complexity index is 2880. The molecule has 2 heteroatoms. The van der Waals surface area contributed by atoms with E-state index in [4.69, 9.17) is 4.42 Å². The first kappa shape index (κ1) is 30.9. The van der Waals surface area contributed by atoms with E-state index in [1.807, 2.05) is 6.07 Å². The minimum atomic E-state index is -0.500. The third kappa shape index (κ3) is 4.22. The zero-order valence-corrected chi connectivity index (χ0v) is 30.3. The molecule has 0 radical (unpaired) electrons. The molecular formula is C52H37NO. The van der Waals surface area contributed by atoms with Gasteiger partial charge in [-0.05, 0) is 98.1 Å². The first-order valence-electron chi connectivity index (χ1n) is 18.8. The molecule has 9 aromatic rings. The van der Waals surface area contributed by atoms with E-state index in [9.17, 15) is 0 Å². The Hall–Kier alpha value is -6.64. The van der Waals surface area contributed by atoms with E-state index in [1.165, 1.54) is 55.6 Å². The maximum absolute atomic E-state index is 6.50. The van der Waals surface area contributed by atoms with Crippen LogP contribution in [0, 0.1) is 0 Å². The van der Waals surface area contributed by atoms with Gasteiger partial charge in [-0.3, -0.25) is 0 Å². The lowest BCUT2D eigenvalue weighted by molar-refractivity contribution is 0.660. The van der Waals surface area contributed by atoms with Gasteiger partial charge >= 0.3 is 0 Å². The lowest BCUT2D eigenvalue weighted by Crippen LogP contribution is -2.28. The van der Waals surface area contributed by atoms with Crippen LogP contribution in [-0.4, -0.2) is 0 Å². The minimum Gasteiger partial charge on any atom is -0.456 e. The second-order valence-corrected chi connectivity index (χ2v) is 15.3. The Kier molecular flexibility index (Phi) is 6.55. The molecule has 0 saturated heterocycles. The van der Waals surface area contributed by atoms with Crippen molar-refractivity contribution in [2.75, 3.05) is 4.90 Å². The Labute approximate surface area is 315 Å². The molecule has 1 aromatic heterocycles. The van der Waals surface area contributed by atoms with Crippen LogP contribution in [0.1, 0.15) is 47.2 Å². The van der Waals surface area contributed by atoms with Crippen molar-refractivity contribution in [1.82, 2.24) is 0 Å². The van der Waals surface area contributed by atoms with Gasteiger partial charge in [0.1, 0.15) is 11.2 Å². The van der Waals surface area contributed by atoms with Crippen molar-refractivity contribution >= 4 is 39.0 Å². The fourth-order valence-corrected chi connectivity index (χ4v) is 9.72. The second-order valence-electron chi connectivity index (χ2n) is 15.3. The van der Waals surface area contributed by atoms with Crippen molar-refractivity contribution in [3.8, 4) is 22.3 Å². The predicted octanol–water partition coefficient (Wildman–Crippen LogP) is 13.7. The molecule has 54 heavy (non-hydrogen) atoms. The van der Waals surface area contributed by atoms with Gasteiger partial charge in [0.2, 0.25) is 0 Å². The average Bonchev–Trinajstić information content (AvgIpc) is 3.82. The minimum absolute atomic E-state index is 0.0766. The highest BCUT2D eigenvalue weighted by molar-refractivity contribution is 6.06. The molecule has 0 aliphatic heterocycles. The number of fused-ring (bicyclic) bond motifs is 9.